The van der Waals surface area contributed by atoms with Gasteiger partial charge in [-0.05, 0) is 30.4 Å². The molecular weight excluding hydrogens is 327 g/mol. The fourth-order valence-corrected chi connectivity index (χ4v) is 3.65. The van der Waals surface area contributed by atoms with E-state index in [0.717, 1.165) is 18.4 Å². The quantitative estimate of drug-likeness (QED) is 0.300. The summed E-state index contributed by atoms with van der Waals surface area (Å²) >= 11 is 5.62. The minimum Gasteiger partial charge on any atom is -0.426 e. The first-order valence-corrected chi connectivity index (χ1v) is 9.62. The van der Waals surface area contributed by atoms with Crippen molar-refractivity contribution >= 4 is 17.6 Å². The second-order valence-corrected chi connectivity index (χ2v) is 7.38. The van der Waals surface area contributed by atoms with Crippen LogP contribution in [0.1, 0.15) is 71.1 Å². The number of ether oxygens (including phenoxy) is 1. The first kappa shape index (κ1) is 19.2. The minimum atomic E-state index is -0.566. The van der Waals surface area contributed by atoms with Crippen LogP contribution in [0.5, 0.6) is 5.75 Å². The van der Waals surface area contributed by atoms with Crippen molar-refractivity contribution in [3.05, 3.63) is 29.0 Å². The highest BCUT2D eigenvalue weighted by Gasteiger charge is 2.21. The van der Waals surface area contributed by atoms with Crippen molar-refractivity contribution in [2.45, 2.75) is 71.1 Å². The van der Waals surface area contributed by atoms with E-state index >= 15 is 0 Å². The first-order chi connectivity index (χ1) is 11.6. The van der Waals surface area contributed by atoms with Crippen LogP contribution in [0.4, 0.5) is 4.39 Å². The molecule has 2 rings (SSSR count). The molecule has 0 amide bonds. The third-order valence-corrected chi connectivity index (χ3v) is 5.37. The van der Waals surface area contributed by atoms with E-state index in [1.807, 2.05) is 0 Å². The lowest BCUT2D eigenvalue weighted by molar-refractivity contribution is -0.134. The summed E-state index contributed by atoms with van der Waals surface area (Å²) in [6.45, 7) is 2.24. The molecule has 0 radical (unpaired) electrons. The topological polar surface area (TPSA) is 26.3 Å². The molecule has 1 aliphatic rings. The molecule has 24 heavy (non-hydrogen) atoms. The van der Waals surface area contributed by atoms with Crippen molar-refractivity contribution in [1.82, 2.24) is 0 Å². The van der Waals surface area contributed by atoms with Crippen molar-refractivity contribution in [1.29, 1.82) is 0 Å². The van der Waals surface area contributed by atoms with Crippen LogP contribution >= 0.6 is 11.6 Å². The average molecular weight is 355 g/mol. The van der Waals surface area contributed by atoms with Crippen LogP contribution < -0.4 is 4.74 Å². The molecule has 2 nitrogen and oxygen atoms in total. The predicted octanol–water partition coefficient (Wildman–Crippen LogP) is 6.55. The number of halogens is 2. The Morgan fingerprint density at radius 1 is 1.17 bits per heavy atom. The fraction of sp³-hybridized carbons (Fsp3) is 0.650. The van der Waals surface area contributed by atoms with Gasteiger partial charge in [0.05, 0.1) is 5.02 Å². The molecule has 0 heterocycles. The Kier molecular flexibility index (Phi) is 8.04. The molecule has 4 heteroatoms. The van der Waals surface area contributed by atoms with E-state index in [9.17, 15) is 9.18 Å². The molecule has 1 aromatic carbocycles. The van der Waals surface area contributed by atoms with Crippen LogP contribution in [0.2, 0.25) is 5.02 Å². The minimum absolute atomic E-state index is 0.0329. The van der Waals surface area contributed by atoms with Gasteiger partial charge in [0.1, 0.15) is 11.6 Å². The lowest BCUT2D eigenvalue weighted by Gasteiger charge is -2.28. The second-order valence-electron chi connectivity index (χ2n) is 6.97. The van der Waals surface area contributed by atoms with Crippen LogP contribution in [0.25, 0.3) is 0 Å². The van der Waals surface area contributed by atoms with E-state index in [1.165, 1.54) is 63.5 Å². The molecule has 134 valence electrons. The summed E-state index contributed by atoms with van der Waals surface area (Å²) in [5.74, 6) is 0.880. The number of benzene rings is 1. The Morgan fingerprint density at radius 3 is 2.46 bits per heavy atom. The molecule has 0 saturated heterocycles. The van der Waals surface area contributed by atoms with Gasteiger partial charge in [0.15, 0.2) is 0 Å². The van der Waals surface area contributed by atoms with Crippen LogP contribution in [0.15, 0.2) is 18.2 Å². The second kappa shape index (κ2) is 10.0. The van der Waals surface area contributed by atoms with Crippen LogP contribution in [-0.4, -0.2) is 5.97 Å². The Bertz CT molecular complexity index is 524. The highest BCUT2D eigenvalue weighted by Crippen LogP contribution is 2.34. The van der Waals surface area contributed by atoms with E-state index in [-0.39, 0.29) is 16.7 Å². The number of rotatable bonds is 8. The summed E-state index contributed by atoms with van der Waals surface area (Å²) in [4.78, 5) is 11.9. The van der Waals surface area contributed by atoms with E-state index in [2.05, 4.69) is 6.92 Å². The van der Waals surface area contributed by atoms with E-state index in [1.54, 1.807) is 0 Å². The van der Waals surface area contributed by atoms with Gasteiger partial charge < -0.3 is 4.74 Å². The molecule has 0 unspecified atom stereocenters. The first-order valence-electron chi connectivity index (χ1n) is 9.24. The Hall–Kier alpha value is -1.09. The van der Waals surface area contributed by atoms with E-state index in [4.69, 9.17) is 16.3 Å². The zero-order valence-corrected chi connectivity index (χ0v) is 15.3. The van der Waals surface area contributed by atoms with Crippen LogP contribution in [-0.2, 0) is 4.79 Å². The molecule has 0 atom stereocenters. The Balaban J connectivity index is 1.65. The molecule has 0 N–H and O–H groups in total. The molecule has 0 aromatic heterocycles. The lowest BCUT2D eigenvalue weighted by atomic mass is 9.78. The normalized spacial score (nSPS) is 20.8. The van der Waals surface area contributed by atoms with Gasteiger partial charge >= 0.3 is 5.97 Å². The number of unbranched alkanes of at least 4 members (excludes halogenated alkanes) is 2. The zero-order valence-electron chi connectivity index (χ0n) is 14.5. The fourth-order valence-electron chi connectivity index (χ4n) is 3.54. The molecule has 1 fully saturated rings. The van der Waals surface area contributed by atoms with Crippen molar-refractivity contribution in [3.63, 3.8) is 0 Å². The summed E-state index contributed by atoms with van der Waals surface area (Å²) in [6, 6.07) is 4.08. The van der Waals surface area contributed by atoms with E-state index < -0.39 is 5.82 Å². The highest BCUT2D eigenvalue weighted by atomic mass is 35.5. The summed E-state index contributed by atoms with van der Waals surface area (Å²) in [5.41, 5.74) is 0. The maximum atomic E-state index is 13.3. The summed E-state index contributed by atoms with van der Waals surface area (Å²) < 4.78 is 18.5. The highest BCUT2D eigenvalue weighted by molar-refractivity contribution is 6.30. The predicted molar refractivity (Wildman–Crippen MR) is 95.9 cm³/mol. The van der Waals surface area contributed by atoms with Gasteiger partial charge in [-0.2, -0.15) is 0 Å². The maximum absolute atomic E-state index is 13.3. The number of hydrogen-bond acceptors (Lipinski definition) is 2. The van der Waals surface area contributed by atoms with Crippen molar-refractivity contribution in [3.8, 4) is 5.75 Å². The average Bonchev–Trinajstić information content (AvgIpc) is 2.58. The lowest BCUT2D eigenvalue weighted by Crippen LogP contribution is -2.17. The van der Waals surface area contributed by atoms with E-state index in [0.29, 0.717) is 12.3 Å². The third-order valence-electron chi connectivity index (χ3n) is 5.06. The monoisotopic (exact) mass is 354 g/mol. The maximum Gasteiger partial charge on any atom is 0.311 e. The molecular formula is C20H28ClFO2. The van der Waals surface area contributed by atoms with Crippen molar-refractivity contribution in [2.75, 3.05) is 0 Å². The molecule has 0 bridgehead atoms. The summed E-state index contributed by atoms with van der Waals surface area (Å²) in [7, 11) is 0. The molecule has 0 spiro atoms. The van der Waals surface area contributed by atoms with Crippen molar-refractivity contribution < 1.29 is 13.9 Å². The number of hydrogen-bond donors (Lipinski definition) is 0. The van der Waals surface area contributed by atoms with Gasteiger partial charge in [0, 0.05) is 12.5 Å². The number of esters is 1. The zero-order chi connectivity index (χ0) is 17.4. The molecule has 1 aliphatic carbocycles. The Labute approximate surface area is 149 Å². The van der Waals surface area contributed by atoms with Gasteiger partial charge in [-0.25, -0.2) is 4.39 Å². The number of carbonyl (C=O) groups excluding carboxylic acids is 1. The van der Waals surface area contributed by atoms with Gasteiger partial charge in [-0.3, -0.25) is 4.79 Å². The van der Waals surface area contributed by atoms with Gasteiger partial charge in [0.25, 0.3) is 0 Å². The molecule has 1 aromatic rings. The van der Waals surface area contributed by atoms with Crippen LogP contribution in [0.3, 0.4) is 0 Å². The third kappa shape index (κ3) is 6.43. The molecule has 1 saturated carbocycles. The Morgan fingerprint density at radius 2 is 1.83 bits per heavy atom. The van der Waals surface area contributed by atoms with Gasteiger partial charge in [-0.1, -0.05) is 69.9 Å². The number of carbonyl (C=O) groups is 1. The summed E-state index contributed by atoms with van der Waals surface area (Å²) in [5, 5.41) is 0.0329. The standard InChI is InChI=1S/C20H28ClFO2/c1-2-3-4-5-15-6-8-16(9-7-15)10-13-20(23)24-17-11-12-18(21)19(22)14-17/h11-12,14-16H,2-10,13H2,1H3/t15-,16-. The van der Waals surface area contributed by atoms with Gasteiger partial charge in [0.2, 0.25) is 0 Å². The smallest absolute Gasteiger partial charge is 0.311 e. The summed E-state index contributed by atoms with van der Waals surface area (Å²) in [6.07, 6.45) is 11.7. The van der Waals surface area contributed by atoms with Crippen LogP contribution in [0, 0.1) is 17.7 Å². The molecule has 0 aliphatic heterocycles. The largest absolute Gasteiger partial charge is 0.426 e. The van der Waals surface area contributed by atoms with Crippen molar-refractivity contribution in [2.24, 2.45) is 11.8 Å². The van der Waals surface area contributed by atoms with Gasteiger partial charge in [-0.15, -0.1) is 0 Å². The SMILES string of the molecule is CCCCC[C@H]1CC[C@H](CCC(=O)Oc2ccc(Cl)c(F)c2)CC1.